The zero-order valence-electron chi connectivity index (χ0n) is 16.0. The molecule has 2 rings (SSSR count). The SMILES string of the molecule is CC(C)(C)[Si](C)(C)OCCN1C(=O)CCc2c(CC(N)=O)cccc21. The van der Waals surface area contributed by atoms with E-state index in [1.165, 1.54) is 0 Å². The highest BCUT2D eigenvalue weighted by atomic mass is 28.4. The summed E-state index contributed by atoms with van der Waals surface area (Å²) in [6.07, 6.45) is 1.34. The molecule has 0 aliphatic carbocycles. The van der Waals surface area contributed by atoms with Crippen LogP contribution in [0.2, 0.25) is 18.1 Å². The molecule has 138 valence electrons. The third-order valence-corrected chi connectivity index (χ3v) is 9.92. The Bertz CT molecular complexity index is 665. The van der Waals surface area contributed by atoms with Crippen LogP contribution in [0.25, 0.3) is 0 Å². The number of carbonyl (C=O) groups is 2. The largest absolute Gasteiger partial charge is 0.415 e. The molecule has 1 aromatic rings. The second-order valence-electron chi connectivity index (χ2n) is 8.21. The van der Waals surface area contributed by atoms with Crippen LogP contribution in [0, 0.1) is 0 Å². The Hall–Kier alpha value is -1.66. The Kier molecular flexibility index (Phi) is 5.74. The third kappa shape index (κ3) is 4.49. The number of rotatable bonds is 6. The molecule has 0 radical (unpaired) electrons. The van der Waals surface area contributed by atoms with E-state index in [9.17, 15) is 9.59 Å². The van der Waals surface area contributed by atoms with Crippen molar-refractivity contribution in [3.63, 3.8) is 0 Å². The van der Waals surface area contributed by atoms with Crippen LogP contribution >= 0.6 is 0 Å². The van der Waals surface area contributed by atoms with Crippen molar-refractivity contribution in [1.29, 1.82) is 0 Å². The molecule has 1 heterocycles. The minimum Gasteiger partial charge on any atom is -0.415 e. The minimum atomic E-state index is -1.83. The standard InChI is InChI=1S/C19H30N2O3Si/c1-19(2,3)25(4,5)24-12-11-21-16-8-6-7-14(13-17(20)22)15(16)9-10-18(21)23/h6-8H,9-13H2,1-5H3,(H2,20,22). The van der Waals surface area contributed by atoms with Crippen LogP contribution in [-0.2, 0) is 26.9 Å². The fraction of sp³-hybridized carbons (Fsp3) is 0.579. The van der Waals surface area contributed by atoms with Gasteiger partial charge in [-0.2, -0.15) is 0 Å². The van der Waals surface area contributed by atoms with Crippen molar-refractivity contribution in [2.45, 2.75) is 58.2 Å². The highest BCUT2D eigenvalue weighted by molar-refractivity contribution is 6.74. The predicted molar refractivity (Wildman–Crippen MR) is 103 cm³/mol. The van der Waals surface area contributed by atoms with Gasteiger partial charge in [0.15, 0.2) is 8.32 Å². The van der Waals surface area contributed by atoms with Gasteiger partial charge in [0.25, 0.3) is 0 Å². The summed E-state index contributed by atoms with van der Waals surface area (Å²) in [6.45, 7) is 12.1. The second-order valence-corrected chi connectivity index (χ2v) is 13.0. The molecule has 6 heteroatoms. The van der Waals surface area contributed by atoms with Gasteiger partial charge in [-0.15, -0.1) is 0 Å². The molecule has 0 aromatic heterocycles. The van der Waals surface area contributed by atoms with Crippen LogP contribution < -0.4 is 10.6 Å². The lowest BCUT2D eigenvalue weighted by molar-refractivity contribution is -0.119. The summed E-state index contributed by atoms with van der Waals surface area (Å²) in [5.41, 5.74) is 8.24. The topological polar surface area (TPSA) is 72.6 Å². The van der Waals surface area contributed by atoms with E-state index in [-0.39, 0.29) is 23.3 Å². The second kappa shape index (κ2) is 7.29. The molecular formula is C19H30N2O3Si. The number of carbonyl (C=O) groups excluding carboxylic acids is 2. The Morgan fingerprint density at radius 2 is 1.96 bits per heavy atom. The number of benzene rings is 1. The van der Waals surface area contributed by atoms with Crippen LogP contribution in [0.1, 0.15) is 38.3 Å². The molecule has 1 aromatic carbocycles. The number of anilines is 1. The Morgan fingerprint density at radius 1 is 1.28 bits per heavy atom. The number of nitrogens with two attached hydrogens (primary N) is 1. The molecule has 25 heavy (non-hydrogen) atoms. The number of fused-ring (bicyclic) bond motifs is 1. The minimum absolute atomic E-state index is 0.113. The number of nitrogens with zero attached hydrogens (tertiary/aromatic N) is 1. The molecule has 1 aliphatic heterocycles. The van der Waals surface area contributed by atoms with Crippen LogP contribution in [0.5, 0.6) is 0 Å². The molecule has 0 fully saturated rings. The highest BCUT2D eigenvalue weighted by Crippen LogP contribution is 2.37. The highest BCUT2D eigenvalue weighted by Gasteiger charge is 2.37. The van der Waals surface area contributed by atoms with Gasteiger partial charge in [0.1, 0.15) is 0 Å². The summed E-state index contributed by atoms with van der Waals surface area (Å²) < 4.78 is 6.23. The van der Waals surface area contributed by atoms with E-state index in [2.05, 4.69) is 33.9 Å². The molecule has 0 atom stereocenters. The molecule has 0 saturated heterocycles. The zero-order chi connectivity index (χ0) is 18.8. The lowest BCUT2D eigenvalue weighted by atomic mass is 9.94. The molecule has 0 spiro atoms. The van der Waals surface area contributed by atoms with E-state index in [4.69, 9.17) is 10.2 Å². The van der Waals surface area contributed by atoms with Gasteiger partial charge in [0.05, 0.1) is 13.0 Å². The maximum Gasteiger partial charge on any atom is 0.227 e. The van der Waals surface area contributed by atoms with Crippen molar-refractivity contribution >= 4 is 25.8 Å². The molecular weight excluding hydrogens is 332 g/mol. The van der Waals surface area contributed by atoms with Crippen LogP contribution in [-0.4, -0.2) is 33.3 Å². The number of amides is 2. The zero-order valence-corrected chi connectivity index (χ0v) is 17.0. The Morgan fingerprint density at radius 3 is 2.56 bits per heavy atom. The van der Waals surface area contributed by atoms with Gasteiger partial charge in [-0.3, -0.25) is 9.59 Å². The molecule has 0 unspecified atom stereocenters. The summed E-state index contributed by atoms with van der Waals surface area (Å²) in [5.74, 6) is -0.235. The van der Waals surface area contributed by atoms with E-state index >= 15 is 0 Å². The first-order valence-corrected chi connectivity index (χ1v) is 11.8. The van der Waals surface area contributed by atoms with Crippen molar-refractivity contribution in [3.8, 4) is 0 Å². The van der Waals surface area contributed by atoms with Gasteiger partial charge >= 0.3 is 0 Å². The maximum atomic E-state index is 12.4. The summed E-state index contributed by atoms with van der Waals surface area (Å²) in [5, 5.41) is 0.144. The Labute approximate surface area is 151 Å². The van der Waals surface area contributed by atoms with E-state index < -0.39 is 8.32 Å². The fourth-order valence-electron chi connectivity index (χ4n) is 2.87. The van der Waals surface area contributed by atoms with Gasteiger partial charge in [-0.05, 0) is 41.7 Å². The van der Waals surface area contributed by atoms with Gasteiger partial charge in [0.2, 0.25) is 11.8 Å². The van der Waals surface area contributed by atoms with E-state index in [1.54, 1.807) is 4.90 Å². The lowest BCUT2D eigenvalue weighted by Crippen LogP contribution is -2.44. The molecule has 5 nitrogen and oxygen atoms in total. The first-order chi connectivity index (χ1) is 11.5. The number of primary amides is 1. The predicted octanol–water partition coefficient (Wildman–Crippen LogP) is 3.02. The van der Waals surface area contributed by atoms with Crippen LogP contribution in [0.15, 0.2) is 18.2 Å². The fourth-order valence-corrected chi connectivity index (χ4v) is 3.91. The van der Waals surface area contributed by atoms with E-state index in [0.717, 1.165) is 16.8 Å². The van der Waals surface area contributed by atoms with Gasteiger partial charge in [-0.25, -0.2) is 0 Å². The molecule has 0 saturated carbocycles. The van der Waals surface area contributed by atoms with Crippen LogP contribution in [0.3, 0.4) is 0 Å². The molecule has 0 bridgehead atoms. The summed E-state index contributed by atoms with van der Waals surface area (Å²) >= 11 is 0. The van der Waals surface area contributed by atoms with Gasteiger partial charge in [0, 0.05) is 18.7 Å². The van der Waals surface area contributed by atoms with Crippen molar-refractivity contribution in [2.24, 2.45) is 5.73 Å². The first kappa shape index (κ1) is 19.7. The van der Waals surface area contributed by atoms with Gasteiger partial charge < -0.3 is 15.1 Å². The number of hydrogen-bond acceptors (Lipinski definition) is 3. The smallest absolute Gasteiger partial charge is 0.227 e. The lowest BCUT2D eigenvalue weighted by Gasteiger charge is -2.37. The third-order valence-electron chi connectivity index (χ3n) is 5.38. The van der Waals surface area contributed by atoms with Crippen molar-refractivity contribution in [3.05, 3.63) is 29.3 Å². The molecule has 2 N–H and O–H groups in total. The molecule has 2 amide bonds. The van der Waals surface area contributed by atoms with Crippen molar-refractivity contribution in [2.75, 3.05) is 18.1 Å². The first-order valence-electron chi connectivity index (χ1n) is 8.86. The van der Waals surface area contributed by atoms with Crippen molar-refractivity contribution in [1.82, 2.24) is 0 Å². The summed E-state index contributed by atoms with van der Waals surface area (Å²) in [6, 6.07) is 5.75. The van der Waals surface area contributed by atoms with Crippen LogP contribution in [0.4, 0.5) is 5.69 Å². The number of hydrogen-bond donors (Lipinski definition) is 1. The van der Waals surface area contributed by atoms with Gasteiger partial charge in [-0.1, -0.05) is 32.9 Å². The van der Waals surface area contributed by atoms with E-state index in [1.807, 2.05) is 18.2 Å². The van der Waals surface area contributed by atoms with Crippen molar-refractivity contribution < 1.29 is 14.0 Å². The summed E-state index contributed by atoms with van der Waals surface area (Å²) in [4.78, 5) is 25.5. The van der Waals surface area contributed by atoms with E-state index in [0.29, 0.717) is 26.0 Å². The monoisotopic (exact) mass is 362 g/mol. The average Bonchev–Trinajstić information content (AvgIpc) is 2.48. The average molecular weight is 363 g/mol. The molecule has 1 aliphatic rings. The Balaban J connectivity index is 2.15. The quantitative estimate of drug-likeness (QED) is 0.791. The maximum absolute atomic E-state index is 12.4. The normalized spacial score (nSPS) is 15.2. The summed E-state index contributed by atoms with van der Waals surface area (Å²) in [7, 11) is -1.83.